The Hall–Kier alpha value is -1.58. The highest BCUT2D eigenvalue weighted by molar-refractivity contribution is 5.37. The van der Waals surface area contributed by atoms with Crippen molar-refractivity contribution >= 4 is 5.65 Å². The summed E-state index contributed by atoms with van der Waals surface area (Å²) in [7, 11) is 0. The molecule has 76 valence electrons. The molecule has 4 nitrogen and oxygen atoms in total. The Morgan fingerprint density at radius 2 is 2.21 bits per heavy atom. The van der Waals surface area contributed by atoms with E-state index in [2.05, 4.69) is 10.1 Å². The second-order valence-electron chi connectivity index (χ2n) is 4.39. The lowest BCUT2D eigenvalue weighted by Gasteiger charge is -2.16. The number of nitrogens with one attached hydrogen (secondary N) is 1. The lowest BCUT2D eigenvalue weighted by molar-refractivity contribution is 0.566. The fourth-order valence-corrected chi connectivity index (χ4v) is 1.31. The first-order valence-corrected chi connectivity index (χ1v) is 4.56. The van der Waals surface area contributed by atoms with Crippen LogP contribution in [0.4, 0.5) is 0 Å². The minimum atomic E-state index is -0.0921. The second kappa shape index (κ2) is 2.70. The first kappa shape index (κ1) is 8.99. The Morgan fingerprint density at radius 3 is 2.86 bits per heavy atom. The zero-order valence-corrected chi connectivity index (χ0v) is 8.53. The first-order valence-electron chi connectivity index (χ1n) is 4.56. The normalized spacial score (nSPS) is 12.2. The maximum absolute atomic E-state index is 11.6. The zero-order valence-electron chi connectivity index (χ0n) is 8.53. The largest absolute Gasteiger partial charge is 0.297 e. The van der Waals surface area contributed by atoms with E-state index < -0.39 is 0 Å². The number of hydrogen-bond donors (Lipinski definition) is 1. The summed E-state index contributed by atoms with van der Waals surface area (Å²) in [5.41, 5.74) is 1.33. The van der Waals surface area contributed by atoms with E-state index in [0.29, 0.717) is 5.65 Å². The standard InChI is InChI=1S/C10H13N3O.H2/c1-10(2,3)7-6-9(14)13-8(12-7)4-5-11-13;/h4-6,11H,1-3H3;1H. The molecule has 2 rings (SSSR count). The predicted octanol–water partition coefficient (Wildman–Crippen LogP) is 1.57. The van der Waals surface area contributed by atoms with Crippen molar-refractivity contribution in [2.75, 3.05) is 0 Å². The van der Waals surface area contributed by atoms with Gasteiger partial charge in [0.25, 0.3) is 5.56 Å². The van der Waals surface area contributed by atoms with E-state index in [1.54, 1.807) is 18.3 Å². The van der Waals surface area contributed by atoms with Gasteiger partial charge in [-0.15, -0.1) is 0 Å². The number of nitrogens with zero attached hydrogens (tertiary/aromatic N) is 2. The van der Waals surface area contributed by atoms with E-state index in [4.69, 9.17) is 0 Å². The molecule has 2 aromatic rings. The Bertz CT molecular complexity index is 521. The molecular formula is C10H15N3O. The van der Waals surface area contributed by atoms with Crippen molar-refractivity contribution in [3.63, 3.8) is 0 Å². The van der Waals surface area contributed by atoms with E-state index in [-0.39, 0.29) is 12.4 Å². The molecule has 1 N–H and O–H groups in total. The SMILES string of the molecule is CC(C)(C)c1cc(=O)n2[nH]ccc2n1.[HH]. The molecule has 0 atom stereocenters. The van der Waals surface area contributed by atoms with E-state index in [1.807, 2.05) is 20.8 Å². The van der Waals surface area contributed by atoms with Crippen LogP contribution in [0.1, 0.15) is 27.9 Å². The molecule has 0 aliphatic carbocycles. The summed E-state index contributed by atoms with van der Waals surface area (Å²) in [5, 5.41) is 2.81. The van der Waals surface area contributed by atoms with Crippen molar-refractivity contribution < 1.29 is 1.43 Å². The fraction of sp³-hybridized carbons (Fsp3) is 0.400. The van der Waals surface area contributed by atoms with Crippen molar-refractivity contribution in [3.8, 4) is 0 Å². The van der Waals surface area contributed by atoms with Crippen molar-refractivity contribution in [1.29, 1.82) is 0 Å². The lowest BCUT2D eigenvalue weighted by atomic mass is 9.92. The number of H-pyrrole nitrogens is 1. The van der Waals surface area contributed by atoms with Crippen LogP contribution in [0.5, 0.6) is 0 Å². The van der Waals surface area contributed by atoms with Gasteiger partial charge in [-0.05, 0) is 0 Å². The quantitative estimate of drug-likeness (QED) is 0.690. The highest BCUT2D eigenvalue weighted by atomic mass is 16.1. The molecule has 2 heterocycles. The highest BCUT2D eigenvalue weighted by Crippen LogP contribution is 2.18. The van der Waals surface area contributed by atoms with Gasteiger partial charge in [-0.3, -0.25) is 9.89 Å². The number of rotatable bonds is 0. The maximum atomic E-state index is 11.6. The number of aromatic nitrogens is 3. The third kappa shape index (κ3) is 1.32. The molecule has 0 bridgehead atoms. The molecular weight excluding hydrogens is 178 g/mol. The van der Waals surface area contributed by atoms with Gasteiger partial charge in [-0.2, -0.15) is 0 Å². The molecule has 0 saturated heterocycles. The van der Waals surface area contributed by atoms with Gasteiger partial charge in [0.1, 0.15) is 0 Å². The van der Waals surface area contributed by atoms with E-state index in [0.717, 1.165) is 5.69 Å². The Balaban J connectivity index is 0.00000112. The maximum Gasteiger partial charge on any atom is 0.272 e. The average molecular weight is 193 g/mol. The Kier molecular flexibility index (Phi) is 1.74. The van der Waals surface area contributed by atoms with Crippen LogP contribution in [0.2, 0.25) is 0 Å². The van der Waals surface area contributed by atoms with Crippen LogP contribution in [0.15, 0.2) is 23.1 Å². The zero-order chi connectivity index (χ0) is 10.3. The smallest absolute Gasteiger partial charge is 0.272 e. The van der Waals surface area contributed by atoms with Gasteiger partial charge in [0.2, 0.25) is 0 Å². The summed E-state index contributed by atoms with van der Waals surface area (Å²) in [6.07, 6.45) is 1.70. The topological polar surface area (TPSA) is 50.2 Å². The van der Waals surface area contributed by atoms with Gasteiger partial charge in [-0.25, -0.2) is 9.50 Å². The third-order valence-electron chi connectivity index (χ3n) is 2.15. The van der Waals surface area contributed by atoms with Crippen molar-refractivity contribution in [2.45, 2.75) is 26.2 Å². The summed E-state index contributed by atoms with van der Waals surface area (Å²) in [6.45, 7) is 6.12. The van der Waals surface area contributed by atoms with Gasteiger partial charge in [0.05, 0.1) is 5.69 Å². The molecule has 0 aliphatic rings. The number of fused-ring (bicyclic) bond motifs is 1. The molecule has 0 aromatic carbocycles. The summed E-state index contributed by atoms with van der Waals surface area (Å²) < 4.78 is 1.43. The van der Waals surface area contributed by atoms with Gasteiger partial charge in [0, 0.05) is 25.2 Å². The molecule has 0 amide bonds. The number of aromatic amines is 1. The van der Waals surface area contributed by atoms with Crippen LogP contribution in [0.3, 0.4) is 0 Å². The predicted molar refractivity (Wildman–Crippen MR) is 56.6 cm³/mol. The van der Waals surface area contributed by atoms with Gasteiger partial charge < -0.3 is 0 Å². The molecule has 4 heteroatoms. The fourth-order valence-electron chi connectivity index (χ4n) is 1.31. The van der Waals surface area contributed by atoms with Crippen molar-refractivity contribution in [2.24, 2.45) is 0 Å². The van der Waals surface area contributed by atoms with Gasteiger partial charge in [0.15, 0.2) is 5.65 Å². The van der Waals surface area contributed by atoms with E-state index in [9.17, 15) is 4.79 Å². The second-order valence-corrected chi connectivity index (χ2v) is 4.39. The monoisotopic (exact) mass is 193 g/mol. The van der Waals surface area contributed by atoms with Crippen molar-refractivity contribution in [1.82, 2.24) is 14.6 Å². The van der Waals surface area contributed by atoms with Crippen molar-refractivity contribution in [3.05, 3.63) is 34.4 Å². The van der Waals surface area contributed by atoms with Gasteiger partial charge >= 0.3 is 0 Å². The molecule has 0 fully saturated rings. The number of hydrogen-bond acceptors (Lipinski definition) is 2. The molecule has 0 unspecified atom stereocenters. The lowest BCUT2D eigenvalue weighted by Crippen LogP contribution is -2.21. The average Bonchev–Trinajstić information content (AvgIpc) is 2.50. The van der Waals surface area contributed by atoms with Crippen LogP contribution in [0.25, 0.3) is 5.65 Å². The molecule has 14 heavy (non-hydrogen) atoms. The van der Waals surface area contributed by atoms with Crippen LogP contribution in [-0.2, 0) is 5.41 Å². The first-order chi connectivity index (χ1) is 6.48. The molecule has 0 spiro atoms. The van der Waals surface area contributed by atoms with E-state index >= 15 is 0 Å². The summed E-state index contributed by atoms with van der Waals surface area (Å²) in [4.78, 5) is 16.0. The molecule has 0 saturated carbocycles. The summed E-state index contributed by atoms with van der Waals surface area (Å²) >= 11 is 0. The molecule has 0 aliphatic heterocycles. The van der Waals surface area contributed by atoms with Gasteiger partial charge in [-0.1, -0.05) is 20.8 Å². The Morgan fingerprint density at radius 1 is 1.50 bits per heavy atom. The molecule has 0 radical (unpaired) electrons. The summed E-state index contributed by atoms with van der Waals surface area (Å²) in [5.74, 6) is 0. The highest BCUT2D eigenvalue weighted by Gasteiger charge is 2.17. The van der Waals surface area contributed by atoms with Crippen LogP contribution < -0.4 is 5.56 Å². The third-order valence-corrected chi connectivity index (χ3v) is 2.15. The van der Waals surface area contributed by atoms with Crippen LogP contribution >= 0.6 is 0 Å². The van der Waals surface area contributed by atoms with Crippen LogP contribution in [0, 0.1) is 0 Å². The summed E-state index contributed by atoms with van der Waals surface area (Å²) in [6, 6.07) is 3.36. The Labute approximate surface area is 83.1 Å². The minimum absolute atomic E-state index is 0. The van der Waals surface area contributed by atoms with E-state index in [1.165, 1.54) is 4.52 Å². The molecule has 2 aromatic heterocycles. The minimum Gasteiger partial charge on any atom is -0.297 e. The van der Waals surface area contributed by atoms with Crippen LogP contribution in [-0.4, -0.2) is 14.6 Å².